The highest BCUT2D eigenvalue weighted by molar-refractivity contribution is 5.79. The molecule has 3 heterocycles. The third-order valence-electron chi connectivity index (χ3n) is 3.92. The quantitative estimate of drug-likeness (QED) is 0.610. The van der Waals surface area contributed by atoms with Crippen LogP contribution >= 0.6 is 0 Å². The molecule has 0 atom stereocenters. The fourth-order valence-electron chi connectivity index (χ4n) is 2.66. The first-order chi connectivity index (χ1) is 11.9. The van der Waals surface area contributed by atoms with Crippen LogP contribution in [0.15, 0.2) is 79.5 Å². The van der Waals surface area contributed by atoms with Crippen LogP contribution in [0.3, 0.4) is 0 Å². The molecule has 0 amide bonds. The van der Waals surface area contributed by atoms with E-state index in [1.807, 2.05) is 36.8 Å². The number of nitrogens with zero attached hydrogens (tertiary/aromatic N) is 3. The van der Waals surface area contributed by atoms with Gasteiger partial charge in [0.25, 0.3) is 0 Å². The maximum absolute atomic E-state index is 4.40. The third-order valence-corrected chi connectivity index (χ3v) is 3.92. The van der Waals surface area contributed by atoms with Crippen molar-refractivity contribution in [1.82, 2.24) is 15.0 Å². The van der Waals surface area contributed by atoms with Crippen molar-refractivity contribution in [2.75, 3.05) is 5.32 Å². The Morgan fingerprint density at radius 3 is 2.62 bits per heavy atom. The minimum Gasteiger partial charge on any atom is -0.380 e. The fraction of sp³-hybridized carbons (Fsp3) is 0.0500. The van der Waals surface area contributed by atoms with Gasteiger partial charge in [0.05, 0.1) is 11.2 Å². The van der Waals surface area contributed by atoms with Gasteiger partial charge in [0, 0.05) is 48.5 Å². The number of anilines is 1. The van der Waals surface area contributed by atoms with Gasteiger partial charge < -0.3 is 5.32 Å². The van der Waals surface area contributed by atoms with E-state index in [0.717, 1.165) is 34.3 Å². The number of benzene rings is 1. The van der Waals surface area contributed by atoms with Gasteiger partial charge in [0.15, 0.2) is 0 Å². The van der Waals surface area contributed by atoms with Gasteiger partial charge in [-0.15, -0.1) is 0 Å². The molecule has 116 valence electrons. The van der Waals surface area contributed by atoms with E-state index in [4.69, 9.17) is 0 Å². The Bertz CT molecular complexity index is 967. The average Bonchev–Trinajstić information content (AvgIpc) is 2.67. The fourth-order valence-corrected chi connectivity index (χ4v) is 2.66. The van der Waals surface area contributed by atoms with Crippen LogP contribution in [0.5, 0.6) is 0 Å². The van der Waals surface area contributed by atoms with Gasteiger partial charge in [-0.05, 0) is 41.5 Å². The van der Waals surface area contributed by atoms with Crippen LogP contribution in [0.1, 0.15) is 5.56 Å². The van der Waals surface area contributed by atoms with Crippen molar-refractivity contribution in [1.29, 1.82) is 0 Å². The highest BCUT2D eigenvalue weighted by Gasteiger charge is 2.01. The van der Waals surface area contributed by atoms with Crippen LogP contribution in [-0.4, -0.2) is 15.0 Å². The summed E-state index contributed by atoms with van der Waals surface area (Å²) in [4.78, 5) is 12.8. The molecule has 0 saturated heterocycles. The van der Waals surface area contributed by atoms with Crippen LogP contribution in [0, 0.1) is 0 Å². The molecule has 24 heavy (non-hydrogen) atoms. The second-order valence-corrected chi connectivity index (χ2v) is 5.58. The van der Waals surface area contributed by atoms with Gasteiger partial charge >= 0.3 is 0 Å². The van der Waals surface area contributed by atoms with Gasteiger partial charge in [-0.25, -0.2) is 0 Å². The van der Waals surface area contributed by atoms with Crippen molar-refractivity contribution >= 4 is 16.6 Å². The lowest BCUT2D eigenvalue weighted by Gasteiger charge is -2.09. The molecular formula is C20H16N4. The lowest BCUT2D eigenvalue weighted by atomic mass is 10.1. The van der Waals surface area contributed by atoms with Crippen molar-refractivity contribution in [3.8, 4) is 11.1 Å². The molecule has 4 rings (SSSR count). The van der Waals surface area contributed by atoms with Crippen LogP contribution in [-0.2, 0) is 6.54 Å². The van der Waals surface area contributed by atoms with Gasteiger partial charge in [-0.1, -0.05) is 18.2 Å². The normalized spacial score (nSPS) is 10.7. The SMILES string of the molecule is c1cnc2cc(CNc3cncc(-c4ccncc4)c3)ccc2c1. The molecule has 0 aliphatic heterocycles. The number of pyridine rings is 3. The molecule has 0 aliphatic carbocycles. The lowest BCUT2D eigenvalue weighted by Crippen LogP contribution is -2.00. The van der Waals surface area contributed by atoms with E-state index < -0.39 is 0 Å². The predicted molar refractivity (Wildman–Crippen MR) is 96.5 cm³/mol. The highest BCUT2D eigenvalue weighted by Crippen LogP contribution is 2.21. The molecule has 4 aromatic rings. The van der Waals surface area contributed by atoms with Crippen molar-refractivity contribution in [2.24, 2.45) is 0 Å². The average molecular weight is 312 g/mol. The molecule has 1 N–H and O–H groups in total. The third kappa shape index (κ3) is 3.08. The summed E-state index contributed by atoms with van der Waals surface area (Å²) in [5.74, 6) is 0. The molecule has 1 aromatic carbocycles. The number of hydrogen-bond acceptors (Lipinski definition) is 4. The second kappa shape index (κ2) is 6.46. The Labute approximate surface area is 140 Å². The Morgan fingerprint density at radius 2 is 1.71 bits per heavy atom. The van der Waals surface area contributed by atoms with E-state index in [1.54, 1.807) is 12.4 Å². The second-order valence-electron chi connectivity index (χ2n) is 5.58. The molecule has 0 saturated carbocycles. The first-order valence-electron chi connectivity index (χ1n) is 7.81. The zero-order chi connectivity index (χ0) is 16.2. The number of nitrogens with one attached hydrogen (secondary N) is 1. The minimum atomic E-state index is 0.730. The molecule has 0 unspecified atom stereocenters. The molecule has 0 spiro atoms. The summed E-state index contributed by atoms with van der Waals surface area (Å²) < 4.78 is 0. The summed E-state index contributed by atoms with van der Waals surface area (Å²) in [7, 11) is 0. The van der Waals surface area contributed by atoms with E-state index in [-0.39, 0.29) is 0 Å². The molecule has 0 aliphatic rings. The molecule has 3 aromatic heterocycles. The van der Waals surface area contributed by atoms with E-state index in [1.165, 1.54) is 5.56 Å². The van der Waals surface area contributed by atoms with E-state index in [0.29, 0.717) is 0 Å². The summed E-state index contributed by atoms with van der Waals surface area (Å²) in [6, 6.07) is 16.4. The molecule has 4 heteroatoms. The summed E-state index contributed by atoms with van der Waals surface area (Å²) in [5, 5.41) is 4.59. The van der Waals surface area contributed by atoms with Crippen LogP contribution in [0.2, 0.25) is 0 Å². The Morgan fingerprint density at radius 1 is 0.792 bits per heavy atom. The first-order valence-corrected chi connectivity index (χ1v) is 7.81. The highest BCUT2D eigenvalue weighted by atomic mass is 14.9. The number of fused-ring (bicyclic) bond motifs is 1. The van der Waals surface area contributed by atoms with Crippen LogP contribution in [0.25, 0.3) is 22.0 Å². The summed E-state index contributed by atoms with van der Waals surface area (Å²) in [5.41, 5.74) is 5.38. The van der Waals surface area contributed by atoms with Crippen LogP contribution < -0.4 is 5.32 Å². The van der Waals surface area contributed by atoms with Crippen molar-refractivity contribution in [2.45, 2.75) is 6.54 Å². The zero-order valence-electron chi connectivity index (χ0n) is 13.1. The van der Waals surface area contributed by atoms with Gasteiger partial charge in [-0.2, -0.15) is 0 Å². The Hall–Kier alpha value is -3.27. The van der Waals surface area contributed by atoms with E-state index in [9.17, 15) is 0 Å². The molecule has 0 fully saturated rings. The van der Waals surface area contributed by atoms with Crippen molar-refractivity contribution in [3.05, 3.63) is 85.1 Å². The molecule has 0 bridgehead atoms. The Balaban J connectivity index is 1.53. The molecular weight excluding hydrogens is 296 g/mol. The Kier molecular flexibility index (Phi) is 3.86. The zero-order valence-corrected chi connectivity index (χ0v) is 13.1. The monoisotopic (exact) mass is 312 g/mol. The van der Waals surface area contributed by atoms with Gasteiger partial charge in [0.2, 0.25) is 0 Å². The molecule has 4 nitrogen and oxygen atoms in total. The first kappa shape index (κ1) is 14.3. The summed E-state index contributed by atoms with van der Waals surface area (Å²) in [6.45, 7) is 0.730. The van der Waals surface area contributed by atoms with Crippen molar-refractivity contribution < 1.29 is 0 Å². The maximum atomic E-state index is 4.40. The largest absolute Gasteiger partial charge is 0.380 e. The van der Waals surface area contributed by atoms with Crippen LogP contribution in [0.4, 0.5) is 5.69 Å². The van der Waals surface area contributed by atoms with Gasteiger partial charge in [0.1, 0.15) is 0 Å². The molecule has 0 radical (unpaired) electrons. The number of aromatic nitrogens is 3. The number of hydrogen-bond donors (Lipinski definition) is 1. The topological polar surface area (TPSA) is 50.7 Å². The number of rotatable bonds is 4. The standard InChI is InChI=1S/C20H16N4/c1-2-17-4-3-15(10-20(17)23-7-1)12-24-19-11-18(13-22-14-19)16-5-8-21-9-6-16/h1-11,13-14,24H,12H2. The van der Waals surface area contributed by atoms with Gasteiger partial charge in [-0.3, -0.25) is 15.0 Å². The predicted octanol–water partition coefficient (Wildman–Crippen LogP) is 4.30. The maximum Gasteiger partial charge on any atom is 0.0705 e. The van der Waals surface area contributed by atoms with E-state index in [2.05, 4.69) is 50.6 Å². The van der Waals surface area contributed by atoms with Crippen molar-refractivity contribution in [3.63, 3.8) is 0 Å². The lowest BCUT2D eigenvalue weighted by molar-refractivity contribution is 1.14. The smallest absolute Gasteiger partial charge is 0.0705 e. The summed E-state index contributed by atoms with van der Waals surface area (Å²) in [6.07, 6.45) is 9.10. The van der Waals surface area contributed by atoms with E-state index >= 15 is 0 Å². The minimum absolute atomic E-state index is 0.730. The summed E-state index contributed by atoms with van der Waals surface area (Å²) >= 11 is 0.